The lowest BCUT2D eigenvalue weighted by atomic mass is 9.64. The first-order chi connectivity index (χ1) is 32.7. The van der Waals surface area contributed by atoms with Crippen LogP contribution in [0.25, 0.3) is 11.1 Å². The van der Waals surface area contributed by atoms with Gasteiger partial charge in [0.1, 0.15) is 0 Å². The first-order valence-corrected chi connectivity index (χ1v) is 22.8. The fourth-order valence-corrected chi connectivity index (χ4v) is 10.5. The molecule has 0 unspecified atom stereocenters. The van der Waals surface area contributed by atoms with Crippen LogP contribution in [0.3, 0.4) is 0 Å². The van der Waals surface area contributed by atoms with Crippen LogP contribution in [0.15, 0.2) is 97.1 Å². The van der Waals surface area contributed by atoms with Gasteiger partial charge in [0.25, 0.3) is 35.4 Å². The maximum Gasteiger partial charge on any atom is 0.417 e. The average Bonchev–Trinajstić information content (AvgIpc) is 3.69. The van der Waals surface area contributed by atoms with Crippen LogP contribution in [0, 0.1) is 41.5 Å². The lowest BCUT2D eigenvalue weighted by molar-refractivity contribution is -0.137. The quantitative estimate of drug-likeness (QED) is 0.146. The highest BCUT2D eigenvalue weighted by Gasteiger charge is 2.41. The third-order valence-corrected chi connectivity index (χ3v) is 14.1. The summed E-state index contributed by atoms with van der Waals surface area (Å²) in [5, 5.41) is 6.06. The van der Waals surface area contributed by atoms with E-state index in [-0.39, 0.29) is 50.0 Å². The van der Waals surface area contributed by atoms with Crippen molar-refractivity contribution in [2.24, 2.45) is 0 Å². The van der Waals surface area contributed by atoms with Crippen molar-refractivity contribution in [1.82, 2.24) is 4.90 Å². The molecule has 13 heteroatoms. The molecule has 3 aliphatic rings. The molecule has 6 amide bonds. The normalized spacial score (nSPS) is 15.4. The molecule has 6 aromatic rings. The van der Waals surface area contributed by atoms with Gasteiger partial charge >= 0.3 is 6.18 Å². The van der Waals surface area contributed by atoms with Crippen LogP contribution < -0.4 is 15.5 Å². The fraction of sp³-hybridized carbons (Fsp3) is 0.250. The predicted octanol–water partition coefficient (Wildman–Crippen LogP) is 12.0. The molecule has 350 valence electrons. The molecule has 0 spiro atoms. The van der Waals surface area contributed by atoms with E-state index in [0.29, 0.717) is 22.5 Å². The van der Waals surface area contributed by atoms with Gasteiger partial charge in [-0.1, -0.05) is 73.4 Å². The molecule has 0 bridgehead atoms. The van der Waals surface area contributed by atoms with Crippen LogP contribution >= 0.6 is 0 Å². The molecule has 0 aromatic heterocycles. The lowest BCUT2D eigenvalue weighted by Gasteiger charge is -2.40. The number of carbonyl (C=O) groups excluding carboxylic acids is 6. The molecule has 0 saturated heterocycles. The standard InChI is InChI=1S/C56H49F3N4O6/c1-29-11-15-40(30(2)21-29)41-18-14-39(28-46(41)56(57,58)59)63-53(68)43-17-13-36(27-45(43)54(63)69)50(65)61-48-33(5)24-38(25-34(48)6)55(19-9-8-10-20-55)37-22-31(3)47(32(4)23-37)60-49(64)35-12-16-42-44(26-35)52(67)62(7)51(42)66/h11-18,21-28H,8-10,19-20H2,1-7H3,(H,60,64)(H,61,65). The van der Waals surface area contributed by atoms with Crippen molar-refractivity contribution >= 4 is 52.5 Å². The molecule has 1 fully saturated rings. The van der Waals surface area contributed by atoms with Crippen LogP contribution in [-0.2, 0) is 11.6 Å². The van der Waals surface area contributed by atoms with Gasteiger partial charge in [0, 0.05) is 35.0 Å². The van der Waals surface area contributed by atoms with Crippen molar-refractivity contribution in [1.29, 1.82) is 0 Å². The molecule has 1 aliphatic carbocycles. The van der Waals surface area contributed by atoms with Gasteiger partial charge in [0.15, 0.2) is 0 Å². The minimum Gasteiger partial charge on any atom is -0.322 e. The molecule has 6 aromatic carbocycles. The second-order valence-electron chi connectivity index (χ2n) is 18.7. The molecule has 9 rings (SSSR count). The molecule has 0 atom stereocenters. The number of rotatable bonds is 8. The van der Waals surface area contributed by atoms with Crippen LogP contribution in [0.5, 0.6) is 0 Å². The van der Waals surface area contributed by atoms with Crippen molar-refractivity contribution in [3.05, 3.63) is 181 Å². The summed E-state index contributed by atoms with van der Waals surface area (Å²) in [6.07, 6.45) is 0.0613. The van der Waals surface area contributed by atoms with E-state index in [1.54, 1.807) is 31.2 Å². The van der Waals surface area contributed by atoms with Crippen LogP contribution in [0.1, 0.15) is 144 Å². The van der Waals surface area contributed by atoms with E-state index in [1.807, 2.05) is 34.6 Å². The van der Waals surface area contributed by atoms with E-state index >= 15 is 0 Å². The van der Waals surface area contributed by atoms with E-state index in [2.05, 4.69) is 34.9 Å². The minimum atomic E-state index is -4.79. The highest BCUT2D eigenvalue weighted by atomic mass is 19.4. The maximum absolute atomic E-state index is 14.6. The third-order valence-electron chi connectivity index (χ3n) is 14.1. The van der Waals surface area contributed by atoms with Gasteiger partial charge in [0.2, 0.25) is 0 Å². The van der Waals surface area contributed by atoms with Gasteiger partial charge in [-0.05, 0) is 153 Å². The highest BCUT2D eigenvalue weighted by Crippen LogP contribution is 2.48. The number of amides is 6. The molecule has 1 saturated carbocycles. The zero-order valence-electron chi connectivity index (χ0n) is 39.3. The van der Waals surface area contributed by atoms with Crippen LogP contribution in [-0.4, -0.2) is 47.4 Å². The Balaban J connectivity index is 0.958. The van der Waals surface area contributed by atoms with Gasteiger partial charge in [-0.15, -0.1) is 0 Å². The van der Waals surface area contributed by atoms with E-state index in [1.165, 1.54) is 49.5 Å². The summed E-state index contributed by atoms with van der Waals surface area (Å²) in [6, 6.07) is 25.6. The summed E-state index contributed by atoms with van der Waals surface area (Å²) < 4.78 is 43.7. The van der Waals surface area contributed by atoms with Gasteiger partial charge in [0.05, 0.1) is 33.5 Å². The highest BCUT2D eigenvalue weighted by molar-refractivity contribution is 6.35. The first kappa shape index (κ1) is 46.4. The Morgan fingerprint density at radius 2 is 0.957 bits per heavy atom. The number of aryl methyl sites for hydroxylation is 6. The Labute approximate surface area is 397 Å². The molecule has 0 radical (unpaired) electrons. The lowest BCUT2D eigenvalue weighted by Crippen LogP contribution is -2.31. The summed E-state index contributed by atoms with van der Waals surface area (Å²) >= 11 is 0. The van der Waals surface area contributed by atoms with Crippen molar-refractivity contribution in [2.75, 3.05) is 22.6 Å². The summed E-state index contributed by atoms with van der Waals surface area (Å²) in [4.78, 5) is 81.9. The van der Waals surface area contributed by atoms with Gasteiger partial charge in [-0.2, -0.15) is 13.2 Å². The Bertz CT molecular complexity index is 3210. The van der Waals surface area contributed by atoms with Crippen LogP contribution in [0.4, 0.5) is 30.2 Å². The zero-order valence-corrected chi connectivity index (χ0v) is 39.3. The molecule has 2 heterocycles. The number of nitrogens with zero attached hydrogens (tertiary/aromatic N) is 2. The largest absolute Gasteiger partial charge is 0.417 e. The minimum absolute atomic E-state index is 0.0253. The van der Waals surface area contributed by atoms with Gasteiger partial charge in [-0.3, -0.25) is 33.7 Å². The van der Waals surface area contributed by atoms with E-state index in [0.717, 1.165) is 86.9 Å². The summed E-state index contributed by atoms with van der Waals surface area (Å²) in [7, 11) is 1.41. The number of hydrogen-bond donors (Lipinski definition) is 2. The summed E-state index contributed by atoms with van der Waals surface area (Å²) in [5.74, 6) is -3.42. The molecule has 10 nitrogen and oxygen atoms in total. The number of fused-ring (bicyclic) bond motifs is 2. The summed E-state index contributed by atoms with van der Waals surface area (Å²) in [5.41, 5.74) is 7.75. The molecular formula is C56H49F3N4O6. The summed E-state index contributed by atoms with van der Waals surface area (Å²) in [6.45, 7) is 11.3. The number of imide groups is 2. The molecule has 2 aliphatic heterocycles. The predicted molar refractivity (Wildman–Crippen MR) is 258 cm³/mol. The number of alkyl halides is 3. The Morgan fingerprint density at radius 3 is 1.46 bits per heavy atom. The fourth-order valence-electron chi connectivity index (χ4n) is 10.5. The number of anilines is 3. The van der Waals surface area contributed by atoms with Crippen molar-refractivity contribution in [3.8, 4) is 11.1 Å². The third kappa shape index (κ3) is 7.99. The number of halogens is 3. The van der Waals surface area contributed by atoms with Crippen molar-refractivity contribution in [3.63, 3.8) is 0 Å². The molecule has 2 N–H and O–H groups in total. The SMILES string of the molecule is Cc1ccc(-c2ccc(N3C(=O)c4ccc(C(=O)Nc5c(C)cc(C6(c7cc(C)c(NC(=O)c8ccc9c(c8)C(=O)N(C)C9=O)c(C)c7)CCCCC6)cc5C)cc4C3=O)cc2C(F)(F)F)c(C)c1. The number of hydrogen-bond acceptors (Lipinski definition) is 6. The van der Waals surface area contributed by atoms with Crippen LogP contribution in [0.2, 0.25) is 0 Å². The zero-order chi connectivity index (χ0) is 49.4. The average molecular weight is 931 g/mol. The van der Waals surface area contributed by atoms with Gasteiger partial charge in [-0.25, -0.2) is 4.90 Å². The Hall–Kier alpha value is -7.67. The maximum atomic E-state index is 14.6. The monoisotopic (exact) mass is 930 g/mol. The van der Waals surface area contributed by atoms with E-state index in [9.17, 15) is 41.9 Å². The second-order valence-corrected chi connectivity index (χ2v) is 18.7. The van der Waals surface area contributed by atoms with E-state index < -0.39 is 47.2 Å². The van der Waals surface area contributed by atoms with Gasteiger partial charge < -0.3 is 10.6 Å². The van der Waals surface area contributed by atoms with Crippen molar-refractivity contribution < 1.29 is 41.9 Å². The Kier molecular flexibility index (Phi) is 11.5. The smallest absolute Gasteiger partial charge is 0.322 e. The van der Waals surface area contributed by atoms with Crippen molar-refractivity contribution in [2.45, 2.75) is 85.2 Å². The number of benzene rings is 6. The Morgan fingerprint density at radius 1 is 0.507 bits per heavy atom. The molecule has 69 heavy (non-hydrogen) atoms. The topological polar surface area (TPSA) is 133 Å². The second kappa shape index (κ2) is 17.1. The number of carbonyl (C=O) groups is 6. The number of nitrogens with one attached hydrogen (secondary N) is 2. The molecular weight excluding hydrogens is 882 g/mol. The van der Waals surface area contributed by atoms with E-state index in [4.69, 9.17) is 0 Å². The first-order valence-electron chi connectivity index (χ1n) is 22.8.